The lowest BCUT2D eigenvalue weighted by Gasteiger charge is -2.16. The average molecular weight is 176 g/mol. The van der Waals surface area contributed by atoms with Crippen molar-refractivity contribution in [2.75, 3.05) is 0 Å². The third-order valence-corrected chi connectivity index (χ3v) is 1.36. The van der Waals surface area contributed by atoms with Gasteiger partial charge in [-0.25, -0.2) is 4.98 Å². The van der Waals surface area contributed by atoms with E-state index in [1.54, 1.807) is 23.3 Å². The van der Waals surface area contributed by atoms with Crippen molar-refractivity contribution in [2.24, 2.45) is 0 Å². The summed E-state index contributed by atoms with van der Waals surface area (Å²) in [5.74, 6) is 0. The van der Waals surface area contributed by atoms with Crippen LogP contribution in [0.5, 0.6) is 0 Å². The maximum absolute atomic E-state index is 9.27. The van der Waals surface area contributed by atoms with Gasteiger partial charge in [0.2, 0.25) is 0 Å². The lowest BCUT2D eigenvalue weighted by atomic mass is 10.6. The molecule has 0 aliphatic heterocycles. The van der Waals surface area contributed by atoms with Crippen LogP contribution in [-0.4, -0.2) is 19.7 Å². The molecule has 0 aliphatic carbocycles. The number of rotatable bonds is 2. The van der Waals surface area contributed by atoms with Gasteiger partial charge in [0.1, 0.15) is 5.08 Å². The number of hydrogen-bond donors (Lipinski definition) is 1. The Morgan fingerprint density at radius 2 is 2.30 bits per heavy atom. The number of imidazole rings is 1. The van der Waals surface area contributed by atoms with Crippen molar-refractivity contribution in [2.45, 2.75) is 11.6 Å². The van der Waals surface area contributed by atoms with Crippen molar-refractivity contribution in [3.05, 3.63) is 18.7 Å². The molecule has 2 unspecified atom stereocenters. The van der Waals surface area contributed by atoms with Crippen LogP contribution in [0.3, 0.4) is 0 Å². The van der Waals surface area contributed by atoms with Crippen molar-refractivity contribution >= 4 is 18.5 Å². The highest BCUT2D eigenvalue weighted by Gasteiger charge is 2.12. The molecule has 10 heavy (non-hydrogen) atoms. The Balaban J connectivity index is 2.57. The van der Waals surface area contributed by atoms with Gasteiger partial charge in [0, 0.05) is 12.4 Å². The summed E-state index contributed by atoms with van der Waals surface area (Å²) in [4.78, 5) is 3.84. The Kier molecular flexibility index (Phi) is 2.40. The minimum Gasteiger partial charge on any atom is -0.380 e. The predicted octanol–water partition coefficient (Wildman–Crippen LogP) is 0.279. The standard InChI is InChI=1S/C5H10N2OP2/c8-5(9,10)3-7-2-1-6-4-7/h1-2,4,8H,3,9-10H2. The molecule has 1 aromatic heterocycles. The van der Waals surface area contributed by atoms with Crippen LogP contribution in [0.1, 0.15) is 0 Å². The zero-order valence-corrected chi connectivity index (χ0v) is 7.74. The van der Waals surface area contributed by atoms with Gasteiger partial charge < -0.3 is 9.67 Å². The first-order chi connectivity index (χ1) is 4.58. The van der Waals surface area contributed by atoms with Gasteiger partial charge in [-0.2, -0.15) is 0 Å². The molecule has 0 fully saturated rings. The predicted molar refractivity (Wildman–Crippen MR) is 46.6 cm³/mol. The second-order valence-corrected chi connectivity index (χ2v) is 4.89. The Hall–Kier alpha value is 0.0300. The third-order valence-electron chi connectivity index (χ3n) is 0.995. The summed E-state index contributed by atoms with van der Waals surface area (Å²) in [5.41, 5.74) is 0. The summed E-state index contributed by atoms with van der Waals surface area (Å²) in [5, 5.41) is 8.45. The second kappa shape index (κ2) is 2.96. The summed E-state index contributed by atoms with van der Waals surface area (Å²) in [6.45, 7) is 0.516. The first-order valence-electron chi connectivity index (χ1n) is 2.84. The van der Waals surface area contributed by atoms with Gasteiger partial charge in [-0.1, -0.05) is 18.5 Å². The molecule has 0 saturated carbocycles. The number of aromatic nitrogens is 2. The van der Waals surface area contributed by atoms with Gasteiger partial charge in [0.15, 0.2) is 0 Å². The Labute approximate surface area is 64.3 Å². The van der Waals surface area contributed by atoms with E-state index in [0.29, 0.717) is 6.54 Å². The van der Waals surface area contributed by atoms with E-state index >= 15 is 0 Å². The molecule has 56 valence electrons. The molecule has 0 aliphatic rings. The van der Waals surface area contributed by atoms with Crippen LogP contribution in [0.25, 0.3) is 0 Å². The molecule has 1 heterocycles. The van der Waals surface area contributed by atoms with Crippen molar-refractivity contribution < 1.29 is 5.11 Å². The smallest absolute Gasteiger partial charge is 0.108 e. The molecule has 0 spiro atoms. The zero-order chi connectivity index (χ0) is 7.61. The maximum atomic E-state index is 9.27. The highest BCUT2D eigenvalue weighted by atomic mass is 31.1. The molecule has 2 atom stereocenters. The molecule has 0 radical (unpaired) electrons. The van der Waals surface area contributed by atoms with E-state index in [2.05, 4.69) is 23.5 Å². The minimum atomic E-state index is -0.819. The second-order valence-electron chi connectivity index (χ2n) is 2.23. The van der Waals surface area contributed by atoms with E-state index in [0.717, 1.165) is 0 Å². The van der Waals surface area contributed by atoms with Crippen LogP contribution in [0, 0.1) is 0 Å². The third kappa shape index (κ3) is 2.74. The lowest BCUT2D eigenvalue weighted by Crippen LogP contribution is -2.17. The maximum Gasteiger partial charge on any atom is 0.108 e. The fraction of sp³-hybridized carbons (Fsp3) is 0.400. The molecule has 0 bridgehead atoms. The Bertz CT molecular complexity index is 192. The van der Waals surface area contributed by atoms with Crippen LogP contribution in [0.15, 0.2) is 18.7 Å². The van der Waals surface area contributed by atoms with E-state index in [-0.39, 0.29) is 0 Å². The van der Waals surface area contributed by atoms with Gasteiger partial charge in [-0.3, -0.25) is 0 Å². The molecule has 0 saturated heterocycles. The zero-order valence-electron chi connectivity index (χ0n) is 5.44. The monoisotopic (exact) mass is 176 g/mol. The molecule has 5 heteroatoms. The topological polar surface area (TPSA) is 38.0 Å². The summed E-state index contributed by atoms with van der Waals surface area (Å²) in [6.07, 6.45) is 5.15. The molecule has 0 aromatic carbocycles. The van der Waals surface area contributed by atoms with E-state index < -0.39 is 5.08 Å². The molecule has 0 amide bonds. The fourth-order valence-electron chi connectivity index (χ4n) is 0.673. The van der Waals surface area contributed by atoms with Gasteiger partial charge in [0.25, 0.3) is 0 Å². The minimum absolute atomic E-state index is 0.516. The van der Waals surface area contributed by atoms with Crippen LogP contribution in [-0.2, 0) is 6.54 Å². The van der Waals surface area contributed by atoms with Crippen LogP contribution < -0.4 is 0 Å². The molecule has 1 N–H and O–H groups in total. The largest absolute Gasteiger partial charge is 0.380 e. The van der Waals surface area contributed by atoms with Crippen molar-refractivity contribution in [1.29, 1.82) is 0 Å². The SMILES string of the molecule is OC(P)(P)Cn1ccnc1. The molecular weight excluding hydrogens is 166 g/mol. The van der Waals surface area contributed by atoms with E-state index in [4.69, 9.17) is 0 Å². The van der Waals surface area contributed by atoms with Gasteiger partial charge in [0.05, 0.1) is 12.9 Å². The molecule has 1 rings (SSSR count). The number of aliphatic hydroxyl groups is 1. The summed E-state index contributed by atoms with van der Waals surface area (Å²) in [7, 11) is 4.66. The first-order valence-corrected chi connectivity index (χ1v) is 3.99. The normalized spacial score (nSPS) is 11.9. The van der Waals surface area contributed by atoms with Crippen LogP contribution >= 0.6 is 18.5 Å². The molecule has 1 aromatic rings. The van der Waals surface area contributed by atoms with Gasteiger partial charge >= 0.3 is 0 Å². The fourth-order valence-corrected chi connectivity index (χ4v) is 1.09. The quantitative estimate of drug-likeness (QED) is 0.657. The lowest BCUT2D eigenvalue weighted by molar-refractivity contribution is 0.206. The van der Waals surface area contributed by atoms with Crippen LogP contribution in [0.2, 0.25) is 0 Å². The van der Waals surface area contributed by atoms with Gasteiger partial charge in [-0.05, 0) is 0 Å². The highest BCUT2D eigenvalue weighted by Crippen LogP contribution is 2.24. The number of nitrogens with zero attached hydrogens (tertiary/aromatic N) is 2. The van der Waals surface area contributed by atoms with Crippen LogP contribution in [0.4, 0.5) is 0 Å². The van der Waals surface area contributed by atoms with Gasteiger partial charge in [-0.15, -0.1) is 0 Å². The number of hydrogen-bond acceptors (Lipinski definition) is 2. The van der Waals surface area contributed by atoms with E-state index in [1.807, 2.05) is 0 Å². The summed E-state index contributed by atoms with van der Waals surface area (Å²) >= 11 is 0. The molecule has 3 nitrogen and oxygen atoms in total. The Morgan fingerprint density at radius 3 is 2.70 bits per heavy atom. The highest BCUT2D eigenvalue weighted by molar-refractivity contribution is 7.39. The van der Waals surface area contributed by atoms with Crippen molar-refractivity contribution in [3.63, 3.8) is 0 Å². The average Bonchev–Trinajstić information content (AvgIpc) is 2.12. The van der Waals surface area contributed by atoms with E-state index in [1.165, 1.54) is 0 Å². The van der Waals surface area contributed by atoms with Crippen molar-refractivity contribution in [3.8, 4) is 0 Å². The molecular formula is C5H10N2OP2. The van der Waals surface area contributed by atoms with Crippen molar-refractivity contribution in [1.82, 2.24) is 9.55 Å². The van der Waals surface area contributed by atoms with E-state index in [9.17, 15) is 5.11 Å². The summed E-state index contributed by atoms with van der Waals surface area (Å²) in [6, 6.07) is 0. The summed E-state index contributed by atoms with van der Waals surface area (Å²) < 4.78 is 1.81. The Morgan fingerprint density at radius 1 is 1.60 bits per heavy atom. The first kappa shape index (κ1) is 8.13.